The van der Waals surface area contributed by atoms with E-state index >= 15 is 0 Å². The molecule has 5 fully saturated rings. The zero-order chi connectivity index (χ0) is 41.9. The van der Waals surface area contributed by atoms with Crippen molar-refractivity contribution in [2.45, 2.75) is 132 Å². The van der Waals surface area contributed by atoms with E-state index in [1.165, 1.54) is 31.3 Å². The van der Waals surface area contributed by atoms with Crippen molar-refractivity contribution in [1.29, 1.82) is 0 Å². The molecule has 1 aromatic carbocycles. The molecule has 1 amide bonds. The number of hydrogen-bond donors (Lipinski definition) is 2. The number of allylic oxidation sites excluding steroid dienone is 3. The van der Waals surface area contributed by atoms with Crippen LogP contribution in [-0.2, 0) is 9.59 Å². The van der Waals surface area contributed by atoms with Gasteiger partial charge >= 0.3 is 11.9 Å². The van der Waals surface area contributed by atoms with Crippen LogP contribution in [-0.4, -0.2) is 45.5 Å². The molecule has 0 aromatic heterocycles. The highest BCUT2D eigenvalue weighted by atomic mass is 16.4. The quantitative estimate of drug-likeness (QED) is 0.236. The van der Waals surface area contributed by atoms with Crippen molar-refractivity contribution in [3.63, 3.8) is 0 Å². The number of nitrogens with zero attached hydrogens (tertiary/aromatic N) is 1. The minimum absolute atomic E-state index is 0.00802. The average molecular weight is 752 g/mol. The molecule has 300 valence electrons. The first-order valence-electron chi connectivity index (χ1n) is 20.4. The SMILES string of the molecule is C#C.C#C.C#C.C=CC.CC.CC1(C)C(c2ccc(C(=O)O)cc2)=CC[C@@]2(C)C1CC[C@@]1(C)C3CC[C@@]4(C(=O)N5CCCC5C(=O)O)CCCC4[C@H]3CCC12. The van der Waals surface area contributed by atoms with Crippen molar-refractivity contribution >= 4 is 23.4 Å². The van der Waals surface area contributed by atoms with E-state index in [1.54, 1.807) is 23.1 Å². The summed E-state index contributed by atoms with van der Waals surface area (Å²) in [5.41, 5.74) is 2.96. The first-order chi connectivity index (χ1) is 26.3. The topological polar surface area (TPSA) is 94.9 Å². The Balaban J connectivity index is 0.000000870. The molecule has 2 N–H and O–H groups in total. The van der Waals surface area contributed by atoms with Gasteiger partial charge in [-0.25, -0.2) is 9.59 Å². The number of benzene rings is 1. The van der Waals surface area contributed by atoms with E-state index in [0.29, 0.717) is 48.1 Å². The summed E-state index contributed by atoms with van der Waals surface area (Å²) in [6, 6.07) is 6.83. The Bertz CT molecular complexity index is 1570. The van der Waals surface area contributed by atoms with Gasteiger partial charge in [-0.05, 0) is 147 Å². The number of hydrogen-bond acceptors (Lipinski definition) is 3. The fourth-order valence-electron chi connectivity index (χ4n) is 13.0. The molecule has 5 aliphatic carbocycles. The Morgan fingerprint density at radius 3 is 1.93 bits per heavy atom. The van der Waals surface area contributed by atoms with E-state index < -0.39 is 18.0 Å². The number of rotatable bonds is 4. The lowest BCUT2D eigenvalue weighted by Gasteiger charge is -2.68. The second kappa shape index (κ2) is 19.6. The van der Waals surface area contributed by atoms with Gasteiger partial charge in [-0.1, -0.05) is 72.2 Å². The molecule has 0 spiro atoms. The Labute approximate surface area is 334 Å². The number of aromatic carboxylic acids is 1. The first-order valence-corrected chi connectivity index (χ1v) is 20.4. The molecule has 5 unspecified atom stereocenters. The predicted octanol–water partition coefficient (Wildman–Crippen LogP) is 10.9. The molecule has 9 atom stereocenters. The second-order valence-corrected chi connectivity index (χ2v) is 17.0. The summed E-state index contributed by atoms with van der Waals surface area (Å²) in [7, 11) is 0. The van der Waals surface area contributed by atoms with Crippen LogP contribution in [0.25, 0.3) is 5.57 Å². The zero-order valence-electron chi connectivity index (χ0n) is 34.9. The summed E-state index contributed by atoms with van der Waals surface area (Å²) in [6.07, 6.45) is 40.7. The van der Waals surface area contributed by atoms with Crippen molar-refractivity contribution in [3.05, 3.63) is 54.1 Å². The molecule has 6 heteroatoms. The van der Waals surface area contributed by atoms with Crippen LogP contribution < -0.4 is 0 Å². The summed E-state index contributed by atoms with van der Waals surface area (Å²) < 4.78 is 0. The maximum Gasteiger partial charge on any atom is 0.335 e. The summed E-state index contributed by atoms with van der Waals surface area (Å²) in [6.45, 7) is 19.9. The molecule has 1 aliphatic heterocycles. The van der Waals surface area contributed by atoms with Gasteiger partial charge in [0.15, 0.2) is 0 Å². The van der Waals surface area contributed by atoms with Crippen LogP contribution >= 0.6 is 0 Å². The number of terminal acetylenes is 3. The standard InChI is InChI=1S/C38H51NO5.C3H6.C2H6.3C2H2/c1-35(2)26(23-9-11-24(12-10-23)32(40)41)15-19-37(4)30(35)17-20-36(3)27-16-21-38(34(44)39-22-6-8-29(39)33(42)43)18-5-7-28(38)25(27)13-14-31(36)37;1-3-2;4*1-2/h9-12,15,25,27-31H,5-8,13-14,16-22H2,1-4H3,(H,40,41)(H,42,43);3H,1H2,2H3;1-2H3;3*1-2H/t25-,27?,28?,29?,30?,31?,36-,37-,38-;;;;;/m0...../s1. The molecule has 55 heavy (non-hydrogen) atoms. The lowest BCUT2D eigenvalue weighted by Crippen LogP contribution is -2.62. The van der Waals surface area contributed by atoms with Crippen LogP contribution in [0.4, 0.5) is 0 Å². The minimum atomic E-state index is -0.884. The van der Waals surface area contributed by atoms with Crippen molar-refractivity contribution < 1.29 is 24.6 Å². The second-order valence-electron chi connectivity index (χ2n) is 17.0. The first kappa shape index (κ1) is 46.9. The van der Waals surface area contributed by atoms with Gasteiger partial charge in [0.1, 0.15) is 6.04 Å². The van der Waals surface area contributed by atoms with Crippen LogP contribution in [0.15, 0.2) is 43.0 Å². The average Bonchev–Trinajstić information content (AvgIpc) is 3.87. The van der Waals surface area contributed by atoms with Crippen LogP contribution in [0.5, 0.6) is 0 Å². The van der Waals surface area contributed by atoms with E-state index in [2.05, 4.69) is 78.9 Å². The maximum absolute atomic E-state index is 14.3. The molecule has 6 nitrogen and oxygen atoms in total. The van der Waals surface area contributed by atoms with Crippen molar-refractivity contribution in [2.24, 2.45) is 51.2 Å². The highest BCUT2D eigenvalue weighted by molar-refractivity contribution is 5.89. The Morgan fingerprint density at radius 2 is 1.36 bits per heavy atom. The molecule has 4 saturated carbocycles. The van der Waals surface area contributed by atoms with Gasteiger partial charge in [-0.3, -0.25) is 4.79 Å². The van der Waals surface area contributed by atoms with Crippen LogP contribution in [0.2, 0.25) is 0 Å². The van der Waals surface area contributed by atoms with Gasteiger partial charge in [0.25, 0.3) is 0 Å². The molecule has 6 aliphatic rings. The fraction of sp³-hybridized carbons (Fsp3) is 0.612. The molecule has 1 saturated heterocycles. The number of amides is 1. The number of carbonyl (C=O) groups excluding carboxylic acids is 1. The third-order valence-corrected chi connectivity index (χ3v) is 14.8. The van der Waals surface area contributed by atoms with Crippen LogP contribution in [0, 0.1) is 89.8 Å². The molecular weight excluding hydrogens is 683 g/mol. The normalized spacial score (nSPS) is 34.3. The zero-order valence-corrected chi connectivity index (χ0v) is 34.9. The highest BCUT2D eigenvalue weighted by Crippen LogP contribution is 2.73. The minimum Gasteiger partial charge on any atom is -0.480 e. The van der Waals surface area contributed by atoms with Crippen molar-refractivity contribution in [3.8, 4) is 38.5 Å². The van der Waals surface area contributed by atoms with Crippen LogP contribution in [0.3, 0.4) is 0 Å². The number of aliphatic carboxylic acids is 1. The number of carbonyl (C=O) groups is 3. The molecule has 1 heterocycles. The molecule has 1 aromatic rings. The summed E-state index contributed by atoms with van der Waals surface area (Å²) in [4.78, 5) is 39.6. The Morgan fingerprint density at radius 1 is 0.764 bits per heavy atom. The summed E-state index contributed by atoms with van der Waals surface area (Å²) in [5.74, 6) is 1.25. The lowest BCUT2D eigenvalue weighted by molar-refractivity contribution is -0.186. The Hall–Kier alpha value is -4.21. The van der Waals surface area contributed by atoms with Crippen LogP contribution in [0.1, 0.15) is 141 Å². The number of fused-ring (bicyclic) bond motifs is 7. The smallest absolute Gasteiger partial charge is 0.335 e. The number of likely N-dealkylation sites (tertiary alicyclic amines) is 1. The molecule has 0 bridgehead atoms. The van der Waals surface area contributed by atoms with E-state index in [0.717, 1.165) is 50.5 Å². The maximum atomic E-state index is 14.3. The highest BCUT2D eigenvalue weighted by Gasteiger charge is 2.67. The molecule has 7 rings (SSSR count). The lowest BCUT2D eigenvalue weighted by atomic mass is 9.36. The van der Waals surface area contributed by atoms with E-state index in [4.69, 9.17) is 0 Å². The summed E-state index contributed by atoms with van der Waals surface area (Å²) in [5, 5.41) is 19.3. The van der Waals surface area contributed by atoms with Gasteiger partial charge in [-0.2, -0.15) is 0 Å². The number of carboxylic acids is 2. The third kappa shape index (κ3) is 8.20. The molecular formula is C49H69NO5. The predicted molar refractivity (Wildman–Crippen MR) is 227 cm³/mol. The van der Waals surface area contributed by atoms with Crippen molar-refractivity contribution in [2.75, 3.05) is 6.54 Å². The van der Waals surface area contributed by atoms with Gasteiger partial charge in [-0.15, -0.1) is 45.1 Å². The fourth-order valence-corrected chi connectivity index (χ4v) is 13.0. The van der Waals surface area contributed by atoms with E-state index in [1.807, 2.05) is 32.9 Å². The van der Waals surface area contributed by atoms with E-state index in [-0.39, 0.29) is 27.6 Å². The van der Waals surface area contributed by atoms with Gasteiger partial charge < -0.3 is 15.1 Å². The van der Waals surface area contributed by atoms with Gasteiger partial charge in [0, 0.05) is 6.54 Å². The monoisotopic (exact) mass is 752 g/mol. The van der Waals surface area contributed by atoms with Gasteiger partial charge in [0.05, 0.1) is 11.0 Å². The Kier molecular flexibility index (Phi) is 16.7. The summed E-state index contributed by atoms with van der Waals surface area (Å²) >= 11 is 0. The third-order valence-electron chi connectivity index (χ3n) is 14.8. The molecule has 0 radical (unpaired) electrons. The van der Waals surface area contributed by atoms with Gasteiger partial charge in [0.2, 0.25) is 5.91 Å². The number of carboxylic acid groups (broad SMARTS) is 2. The largest absolute Gasteiger partial charge is 0.480 e. The van der Waals surface area contributed by atoms with E-state index in [9.17, 15) is 24.6 Å². The van der Waals surface area contributed by atoms with Crippen molar-refractivity contribution in [1.82, 2.24) is 4.90 Å².